The minimum absolute atomic E-state index is 0.166. The van der Waals surface area contributed by atoms with Crippen LogP contribution in [0.3, 0.4) is 0 Å². The van der Waals surface area contributed by atoms with Crippen LogP contribution in [0.25, 0.3) is 0 Å². The molecule has 0 radical (unpaired) electrons. The van der Waals surface area contributed by atoms with Crippen molar-refractivity contribution in [3.05, 3.63) is 23.8 Å². The van der Waals surface area contributed by atoms with Gasteiger partial charge in [0.25, 0.3) is 5.91 Å². The van der Waals surface area contributed by atoms with Gasteiger partial charge in [-0.2, -0.15) is 0 Å². The summed E-state index contributed by atoms with van der Waals surface area (Å²) in [4.78, 5) is 23.1. The van der Waals surface area contributed by atoms with Gasteiger partial charge in [-0.05, 0) is 32.0 Å². The van der Waals surface area contributed by atoms with Crippen LogP contribution in [0.1, 0.15) is 24.2 Å². The Morgan fingerprint density at radius 2 is 2.24 bits per heavy atom. The number of carbonyl (C=O) groups excluding carboxylic acids is 2. The van der Waals surface area contributed by atoms with Crippen LogP contribution in [0.2, 0.25) is 0 Å². The summed E-state index contributed by atoms with van der Waals surface area (Å²) in [6, 6.07) is 4.34. The molecule has 1 heterocycles. The average Bonchev–Trinajstić information content (AvgIpc) is 2.29. The highest BCUT2D eigenvalue weighted by Crippen LogP contribution is 2.30. The van der Waals surface area contributed by atoms with E-state index in [-0.39, 0.29) is 11.7 Å². The smallest absolute Gasteiger partial charge is 0.265 e. The number of nitrogens with two attached hydrogens (primary N) is 1. The van der Waals surface area contributed by atoms with Crippen molar-refractivity contribution < 1.29 is 14.3 Å². The number of ketones is 1. The number of rotatable bonds is 2. The number of nitrogens with one attached hydrogen (secondary N) is 1. The van der Waals surface area contributed by atoms with E-state index >= 15 is 0 Å². The number of hydrogen-bond donors (Lipinski definition) is 2. The molecule has 17 heavy (non-hydrogen) atoms. The summed E-state index contributed by atoms with van der Waals surface area (Å²) in [6.07, 6.45) is -0.516. The summed E-state index contributed by atoms with van der Waals surface area (Å²) in [5, 5.41) is 2.69. The molecule has 90 valence electrons. The molecule has 1 aliphatic heterocycles. The van der Waals surface area contributed by atoms with Gasteiger partial charge in [0.1, 0.15) is 5.75 Å². The summed E-state index contributed by atoms with van der Waals surface area (Å²) < 4.78 is 5.38. The van der Waals surface area contributed by atoms with Gasteiger partial charge in [-0.25, -0.2) is 0 Å². The van der Waals surface area contributed by atoms with Crippen molar-refractivity contribution in [1.29, 1.82) is 0 Å². The molecule has 2 unspecified atom stereocenters. The second kappa shape index (κ2) is 4.18. The fourth-order valence-corrected chi connectivity index (χ4v) is 1.62. The number of anilines is 1. The molecule has 0 aliphatic carbocycles. The Morgan fingerprint density at radius 1 is 1.53 bits per heavy atom. The molecular weight excluding hydrogens is 220 g/mol. The lowest BCUT2D eigenvalue weighted by molar-refractivity contribution is -0.122. The molecule has 0 spiro atoms. The number of fused-ring (bicyclic) bond motifs is 1. The van der Waals surface area contributed by atoms with Crippen molar-refractivity contribution in [2.75, 3.05) is 5.32 Å². The molecule has 1 aromatic rings. The molecule has 0 saturated carbocycles. The fraction of sp³-hybridized carbons (Fsp3) is 0.333. The van der Waals surface area contributed by atoms with E-state index in [4.69, 9.17) is 10.5 Å². The van der Waals surface area contributed by atoms with E-state index in [1.807, 2.05) is 0 Å². The van der Waals surface area contributed by atoms with Crippen molar-refractivity contribution in [3.8, 4) is 5.75 Å². The van der Waals surface area contributed by atoms with Gasteiger partial charge in [-0.1, -0.05) is 0 Å². The maximum atomic E-state index is 11.7. The Bertz CT molecular complexity index is 483. The zero-order chi connectivity index (χ0) is 12.6. The molecule has 3 N–H and O–H groups in total. The third-order valence-corrected chi connectivity index (χ3v) is 2.61. The summed E-state index contributed by atoms with van der Waals surface area (Å²) in [7, 11) is 0. The Labute approximate surface area is 98.9 Å². The maximum absolute atomic E-state index is 11.7. The van der Waals surface area contributed by atoms with Gasteiger partial charge in [0.05, 0.1) is 11.7 Å². The van der Waals surface area contributed by atoms with Crippen LogP contribution in [-0.4, -0.2) is 23.8 Å². The highest BCUT2D eigenvalue weighted by atomic mass is 16.5. The van der Waals surface area contributed by atoms with Gasteiger partial charge in [-0.15, -0.1) is 0 Å². The second-order valence-corrected chi connectivity index (χ2v) is 4.11. The molecule has 0 saturated heterocycles. The Kier molecular flexibility index (Phi) is 2.85. The van der Waals surface area contributed by atoms with Crippen molar-refractivity contribution >= 4 is 17.4 Å². The normalized spacial score (nSPS) is 19.9. The number of Topliss-reactive ketones (excluding diaryl/α,β-unsaturated/α-hetero) is 1. The molecule has 5 nitrogen and oxygen atoms in total. The molecule has 0 bridgehead atoms. The van der Waals surface area contributed by atoms with Crippen LogP contribution in [0, 0.1) is 0 Å². The third kappa shape index (κ3) is 2.14. The van der Waals surface area contributed by atoms with E-state index in [1.165, 1.54) is 0 Å². The van der Waals surface area contributed by atoms with E-state index in [1.54, 1.807) is 32.0 Å². The number of ether oxygens (including phenoxy) is 1. The molecule has 1 amide bonds. The largest absolute Gasteiger partial charge is 0.479 e. The lowest BCUT2D eigenvalue weighted by atomic mass is 10.0. The standard InChI is InChI=1S/C12H14N2O3/c1-6(13)11(15)8-3-4-10-9(5-8)14-12(16)7(2)17-10/h3-7H,13H2,1-2H3,(H,14,16). The minimum atomic E-state index is -0.563. The lowest BCUT2D eigenvalue weighted by Gasteiger charge is -2.23. The molecular formula is C12H14N2O3. The third-order valence-electron chi connectivity index (χ3n) is 2.61. The van der Waals surface area contributed by atoms with Gasteiger partial charge in [0.2, 0.25) is 0 Å². The zero-order valence-electron chi connectivity index (χ0n) is 9.69. The highest BCUT2D eigenvalue weighted by Gasteiger charge is 2.24. The SMILES string of the molecule is CC(N)C(=O)c1ccc2c(c1)NC(=O)C(C)O2. The monoisotopic (exact) mass is 234 g/mol. The number of carbonyl (C=O) groups is 2. The van der Waals surface area contributed by atoms with Crippen LogP contribution in [0.15, 0.2) is 18.2 Å². The van der Waals surface area contributed by atoms with Crippen LogP contribution in [0.5, 0.6) is 5.75 Å². The number of amides is 1. The first-order valence-corrected chi connectivity index (χ1v) is 5.40. The van der Waals surface area contributed by atoms with Gasteiger partial charge >= 0.3 is 0 Å². The fourth-order valence-electron chi connectivity index (χ4n) is 1.62. The van der Waals surface area contributed by atoms with E-state index in [0.29, 0.717) is 17.0 Å². The van der Waals surface area contributed by atoms with Crippen molar-refractivity contribution in [3.63, 3.8) is 0 Å². The van der Waals surface area contributed by atoms with Crippen molar-refractivity contribution in [1.82, 2.24) is 0 Å². The quantitative estimate of drug-likeness (QED) is 0.746. The molecule has 0 fully saturated rings. The summed E-state index contributed by atoms with van der Waals surface area (Å²) in [5.74, 6) is 0.182. The van der Waals surface area contributed by atoms with E-state index in [2.05, 4.69) is 5.32 Å². The molecule has 5 heteroatoms. The van der Waals surface area contributed by atoms with Gasteiger partial charge in [0.15, 0.2) is 11.9 Å². The Hall–Kier alpha value is -1.88. The van der Waals surface area contributed by atoms with E-state index in [0.717, 1.165) is 0 Å². The van der Waals surface area contributed by atoms with Crippen LogP contribution in [-0.2, 0) is 4.79 Å². The maximum Gasteiger partial charge on any atom is 0.265 e. The highest BCUT2D eigenvalue weighted by molar-refractivity contribution is 6.03. The zero-order valence-corrected chi connectivity index (χ0v) is 9.69. The van der Waals surface area contributed by atoms with Gasteiger partial charge < -0.3 is 15.8 Å². The van der Waals surface area contributed by atoms with Crippen molar-refractivity contribution in [2.24, 2.45) is 5.73 Å². The van der Waals surface area contributed by atoms with Crippen molar-refractivity contribution in [2.45, 2.75) is 26.0 Å². The molecule has 2 rings (SSSR count). The first kappa shape index (κ1) is 11.6. The predicted octanol–water partition coefficient (Wildman–Crippen LogP) is 0.936. The first-order chi connectivity index (χ1) is 7.99. The summed E-state index contributed by atoms with van der Waals surface area (Å²) >= 11 is 0. The summed E-state index contributed by atoms with van der Waals surface area (Å²) in [5.41, 5.74) is 6.51. The second-order valence-electron chi connectivity index (χ2n) is 4.11. The van der Waals surface area contributed by atoms with Crippen LogP contribution >= 0.6 is 0 Å². The van der Waals surface area contributed by atoms with Crippen LogP contribution < -0.4 is 15.8 Å². The van der Waals surface area contributed by atoms with E-state index in [9.17, 15) is 9.59 Å². The van der Waals surface area contributed by atoms with E-state index < -0.39 is 12.1 Å². The average molecular weight is 234 g/mol. The lowest BCUT2D eigenvalue weighted by Crippen LogP contribution is -2.34. The first-order valence-electron chi connectivity index (χ1n) is 5.40. The summed E-state index contributed by atoms with van der Waals surface area (Å²) in [6.45, 7) is 3.29. The van der Waals surface area contributed by atoms with Gasteiger partial charge in [-0.3, -0.25) is 9.59 Å². The predicted molar refractivity (Wildman–Crippen MR) is 63.1 cm³/mol. The van der Waals surface area contributed by atoms with Gasteiger partial charge in [0, 0.05) is 5.56 Å². The number of benzene rings is 1. The molecule has 2 atom stereocenters. The Morgan fingerprint density at radius 3 is 2.88 bits per heavy atom. The molecule has 1 aliphatic rings. The molecule has 0 aromatic heterocycles. The minimum Gasteiger partial charge on any atom is -0.479 e. The van der Waals surface area contributed by atoms with Crippen LogP contribution in [0.4, 0.5) is 5.69 Å². The number of hydrogen-bond acceptors (Lipinski definition) is 4. The molecule has 1 aromatic carbocycles. The Balaban J connectivity index is 2.35. The topological polar surface area (TPSA) is 81.4 Å².